The first kappa shape index (κ1) is 21.8. The lowest BCUT2D eigenvalue weighted by Crippen LogP contribution is -2.48. The lowest BCUT2D eigenvalue weighted by Gasteiger charge is -2.25. The van der Waals surface area contributed by atoms with Crippen LogP contribution in [0.5, 0.6) is 0 Å². The minimum Gasteiger partial charge on any atom is -0.444 e. The minimum atomic E-state index is -3.96. The number of nitrogens with one attached hydrogen (secondary N) is 2. The molecular formula is C17H27N3O5S. The summed E-state index contributed by atoms with van der Waals surface area (Å²) < 4.78 is 31.6. The number of likely N-dealkylation sites (N-methyl/N-ethyl adjacent to an activating group) is 1. The number of rotatable bonds is 5. The predicted molar refractivity (Wildman–Crippen MR) is 98.4 cm³/mol. The first-order valence-corrected chi connectivity index (χ1v) is 9.62. The first-order chi connectivity index (χ1) is 11.8. The zero-order chi connectivity index (χ0) is 20.1. The Balaban J connectivity index is 2.61. The topological polar surface area (TPSA) is 105 Å². The van der Waals surface area contributed by atoms with Crippen LogP contribution < -0.4 is 10.0 Å². The van der Waals surface area contributed by atoms with Gasteiger partial charge in [0.15, 0.2) is 0 Å². The van der Waals surface area contributed by atoms with E-state index in [0.717, 1.165) is 5.56 Å². The molecule has 9 heteroatoms. The number of aryl methyl sites for hydroxylation is 1. The number of benzene rings is 1. The van der Waals surface area contributed by atoms with Crippen molar-refractivity contribution < 1.29 is 22.7 Å². The molecule has 146 valence electrons. The summed E-state index contributed by atoms with van der Waals surface area (Å²) in [6, 6.07) is 4.94. The third-order valence-corrected chi connectivity index (χ3v) is 4.55. The van der Waals surface area contributed by atoms with Gasteiger partial charge in [0, 0.05) is 19.6 Å². The van der Waals surface area contributed by atoms with Crippen molar-refractivity contribution in [2.45, 2.75) is 51.2 Å². The molecule has 2 N–H and O–H groups in total. The molecule has 0 fully saturated rings. The molecule has 1 rings (SSSR count). The van der Waals surface area contributed by atoms with Gasteiger partial charge in [-0.05, 0) is 46.8 Å². The van der Waals surface area contributed by atoms with Crippen LogP contribution in [0.4, 0.5) is 9.59 Å². The van der Waals surface area contributed by atoms with E-state index in [9.17, 15) is 18.0 Å². The second-order valence-electron chi connectivity index (χ2n) is 7.15. The van der Waals surface area contributed by atoms with E-state index >= 15 is 0 Å². The maximum absolute atomic E-state index is 12.2. The molecule has 1 aromatic carbocycles. The summed E-state index contributed by atoms with van der Waals surface area (Å²) in [5, 5.41) is 2.59. The summed E-state index contributed by atoms with van der Waals surface area (Å²) in [4.78, 5) is 25.0. The largest absolute Gasteiger partial charge is 0.444 e. The van der Waals surface area contributed by atoms with E-state index in [1.807, 2.05) is 11.6 Å². The van der Waals surface area contributed by atoms with Crippen LogP contribution in [0.2, 0.25) is 0 Å². The molecule has 0 spiro atoms. The monoisotopic (exact) mass is 385 g/mol. The van der Waals surface area contributed by atoms with Crippen molar-refractivity contribution in [3.8, 4) is 0 Å². The van der Waals surface area contributed by atoms with E-state index in [1.54, 1.807) is 39.8 Å². The smallest absolute Gasteiger partial charge is 0.407 e. The third-order valence-electron chi connectivity index (χ3n) is 3.21. The fourth-order valence-electron chi connectivity index (χ4n) is 2.02. The van der Waals surface area contributed by atoms with Gasteiger partial charge in [0.1, 0.15) is 5.60 Å². The van der Waals surface area contributed by atoms with Crippen LogP contribution in [-0.2, 0) is 14.8 Å². The Labute approximate surface area is 155 Å². The van der Waals surface area contributed by atoms with Crippen molar-refractivity contribution in [2.75, 3.05) is 13.6 Å². The number of hydrogen-bond acceptors (Lipinski definition) is 5. The molecule has 0 aliphatic carbocycles. The fourth-order valence-corrected chi connectivity index (χ4v) is 3.02. The predicted octanol–water partition coefficient (Wildman–Crippen LogP) is 2.24. The van der Waals surface area contributed by atoms with Crippen molar-refractivity contribution in [2.24, 2.45) is 0 Å². The lowest BCUT2D eigenvalue weighted by molar-refractivity contribution is 0.0502. The average molecular weight is 385 g/mol. The van der Waals surface area contributed by atoms with Crippen LogP contribution in [0, 0.1) is 6.92 Å². The van der Waals surface area contributed by atoms with Gasteiger partial charge in [0.25, 0.3) is 10.0 Å². The highest BCUT2D eigenvalue weighted by Crippen LogP contribution is 2.10. The Morgan fingerprint density at radius 1 is 1.19 bits per heavy atom. The fraction of sp³-hybridized carbons (Fsp3) is 0.529. The van der Waals surface area contributed by atoms with Crippen LogP contribution in [0.15, 0.2) is 29.2 Å². The van der Waals surface area contributed by atoms with Crippen LogP contribution in [0.1, 0.15) is 33.3 Å². The maximum Gasteiger partial charge on any atom is 0.407 e. The van der Waals surface area contributed by atoms with E-state index in [1.165, 1.54) is 24.1 Å². The van der Waals surface area contributed by atoms with Gasteiger partial charge in [-0.15, -0.1) is 0 Å². The Bertz CT molecular complexity index is 739. The number of carbonyl (C=O) groups excluding carboxylic acids is 2. The van der Waals surface area contributed by atoms with Gasteiger partial charge in [0.05, 0.1) is 4.90 Å². The number of nitrogens with zero attached hydrogens (tertiary/aromatic N) is 1. The zero-order valence-electron chi connectivity index (χ0n) is 16.0. The zero-order valence-corrected chi connectivity index (χ0v) is 16.8. The van der Waals surface area contributed by atoms with Crippen LogP contribution in [0.3, 0.4) is 0 Å². The molecular weight excluding hydrogens is 358 g/mol. The van der Waals surface area contributed by atoms with Crippen LogP contribution in [-0.4, -0.2) is 50.7 Å². The summed E-state index contributed by atoms with van der Waals surface area (Å²) in [5.41, 5.74) is 0.282. The average Bonchev–Trinajstić information content (AvgIpc) is 2.44. The third kappa shape index (κ3) is 7.30. The van der Waals surface area contributed by atoms with Crippen molar-refractivity contribution in [1.29, 1.82) is 0 Å². The van der Waals surface area contributed by atoms with Crippen molar-refractivity contribution in [1.82, 2.24) is 14.9 Å². The molecule has 1 aromatic rings. The highest BCUT2D eigenvalue weighted by Gasteiger charge is 2.22. The van der Waals surface area contributed by atoms with Gasteiger partial charge in [-0.2, -0.15) is 0 Å². The highest BCUT2D eigenvalue weighted by molar-refractivity contribution is 7.90. The first-order valence-electron chi connectivity index (χ1n) is 8.14. The van der Waals surface area contributed by atoms with Gasteiger partial charge >= 0.3 is 12.1 Å². The second-order valence-corrected chi connectivity index (χ2v) is 8.83. The summed E-state index contributed by atoms with van der Waals surface area (Å²) in [7, 11) is -2.52. The number of alkyl carbamates (subject to hydrolysis) is 1. The molecule has 0 aliphatic rings. The second kappa shape index (κ2) is 8.39. The van der Waals surface area contributed by atoms with E-state index in [0.29, 0.717) is 0 Å². The Morgan fingerprint density at radius 2 is 1.73 bits per heavy atom. The van der Waals surface area contributed by atoms with Gasteiger partial charge in [0.2, 0.25) is 0 Å². The van der Waals surface area contributed by atoms with Gasteiger partial charge in [-0.25, -0.2) is 22.7 Å². The molecule has 0 unspecified atom stereocenters. The lowest BCUT2D eigenvalue weighted by atomic mass is 10.2. The SMILES string of the molecule is Cc1ccc(S(=O)(=O)NC(=O)N(C)C[C@@H](C)NC(=O)OC(C)(C)C)cc1. The molecule has 0 saturated heterocycles. The number of ether oxygens (including phenoxy) is 1. The summed E-state index contributed by atoms with van der Waals surface area (Å²) >= 11 is 0. The number of hydrogen-bond donors (Lipinski definition) is 2. The molecule has 3 amide bonds. The van der Waals surface area contributed by atoms with Crippen molar-refractivity contribution in [3.05, 3.63) is 29.8 Å². The van der Waals surface area contributed by atoms with Gasteiger partial charge in [-0.1, -0.05) is 17.7 Å². The Hall–Kier alpha value is -2.29. The molecule has 0 saturated carbocycles. The summed E-state index contributed by atoms with van der Waals surface area (Å²) in [6.07, 6.45) is -0.605. The maximum atomic E-state index is 12.2. The van der Waals surface area contributed by atoms with Crippen molar-refractivity contribution in [3.63, 3.8) is 0 Å². The summed E-state index contributed by atoms with van der Waals surface area (Å²) in [6.45, 7) is 8.85. The molecule has 0 bridgehead atoms. The van der Waals surface area contributed by atoms with Crippen molar-refractivity contribution >= 4 is 22.1 Å². The van der Waals surface area contributed by atoms with E-state index in [2.05, 4.69) is 5.32 Å². The van der Waals surface area contributed by atoms with E-state index < -0.39 is 33.8 Å². The molecule has 0 radical (unpaired) electrons. The molecule has 0 aromatic heterocycles. The minimum absolute atomic E-state index is 0.00442. The number of urea groups is 1. The highest BCUT2D eigenvalue weighted by atomic mass is 32.2. The Morgan fingerprint density at radius 3 is 2.23 bits per heavy atom. The van der Waals surface area contributed by atoms with Gasteiger partial charge in [-0.3, -0.25) is 0 Å². The van der Waals surface area contributed by atoms with Crippen LogP contribution in [0.25, 0.3) is 0 Å². The standard InChI is InChI=1S/C17H27N3O5S/c1-12-7-9-14(10-8-12)26(23,24)19-15(21)20(6)11-13(2)18-16(22)25-17(3,4)5/h7-10,13H,11H2,1-6H3,(H,18,22)(H,19,21)/t13-/m1/s1. The molecule has 8 nitrogen and oxygen atoms in total. The molecule has 1 atom stereocenters. The quantitative estimate of drug-likeness (QED) is 0.809. The molecule has 0 aliphatic heterocycles. The van der Waals surface area contributed by atoms with Crippen LogP contribution >= 0.6 is 0 Å². The summed E-state index contributed by atoms with van der Waals surface area (Å²) in [5.74, 6) is 0. The Kier molecular flexibility index (Phi) is 7.02. The molecule has 0 heterocycles. The number of amides is 3. The van der Waals surface area contributed by atoms with Gasteiger partial charge < -0.3 is 15.0 Å². The molecule has 26 heavy (non-hydrogen) atoms. The van der Waals surface area contributed by atoms with E-state index in [-0.39, 0.29) is 11.4 Å². The number of carbonyl (C=O) groups is 2. The number of sulfonamides is 1. The van der Waals surface area contributed by atoms with E-state index in [4.69, 9.17) is 4.74 Å². The normalized spacial score (nSPS) is 12.8.